The number of carbonyl (C=O) groups excluding carboxylic acids is 1. The molecule has 2 rings (SSSR count). The number of anilines is 1. The van der Waals surface area contributed by atoms with Gasteiger partial charge in [-0.25, -0.2) is 4.79 Å². The zero-order chi connectivity index (χ0) is 15.2. The van der Waals surface area contributed by atoms with E-state index in [1.54, 1.807) is 0 Å². The summed E-state index contributed by atoms with van der Waals surface area (Å²) >= 11 is 5.93. The van der Waals surface area contributed by atoms with Crippen molar-refractivity contribution in [3.05, 3.63) is 22.7 Å². The Kier molecular flexibility index (Phi) is 5.67. The van der Waals surface area contributed by atoms with Crippen molar-refractivity contribution in [2.24, 2.45) is 0 Å². The number of hydrogen-bond donors (Lipinski definition) is 1. The van der Waals surface area contributed by atoms with E-state index in [-0.39, 0.29) is 5.56 Å². The highest BCUT2D eigenvalue weighted by Gasteiger charge is 2.17. The van der Waals surface area contributed by atoms with Gasteiger partial charge in [-0.2, -0.15) is 0 Å². The molecule has 7 heteroatoms. The predicted molar refractivity (Wildman–Crippen MR) is 80.0 cm³/mol. The first-order valence-corrected chi connectivity index (χ1v) is 7.10. The summed E-state index contributed by atoms with van der Waals surface area (Å²) in [6.45, 7) is 4.14. The zero-order valence-electron chi connectivity index (χ0n) is 11.9. The van der Waals surface area contributed by atoms with Crippen molar-refractivity contribution in [2.75, 3.05) is 52.3 Å². The number of rotatable bonds is 5. The summed E-state index contributed by atoms with van der Waals surface area (Å²) in [6.07, 6.45) is 0. The molecule has 0 radical (unpaired) electrons. The Labute approximate surface area is 128 Å². The zero-order valence-corrected chi connectivity index (χ0v) is 12.7. The molecule has 116 valence electrons. The number of morpholine rings is 1. The van der Waals surface area contributed by atoms with Crippen molar-refractivity contribution in [1.29, 1.82) is 0 Å². The molecular weight excluding hydrogens is 296 g/mol. The molecule has 1 fully saturated rings. The van der Waals surface area contributed by atoms with Gasteiger partial charge in [-0.15, -0.1) is 0 Å². The molecule has 1 aliphatic rings. The monoisotopic (exact) mass is 314 g/mol. The smallest absolute Gasteiger partial charge is 0.342 e. The summed E-state index contributed by atoms with van der Waals surface area (Å²) in [6, 6.07) is 2.98. The lowest BCUT2D eigenvalue weighted by atomic mass is 10.2. The van der Waals surface area contributed by atoms with Gasteiger partial charge in [0.2, 0.25) is 0 Å². The Balaban J connectivity index is 1.92. The maximum absolute atomic E-state index is 12.1. The molecule has 1 aliphatic heterocycles. The molecule has 21 heavy (non-hydrogen) atoms. The number of ether oxygens (including phenoxy) is 3. The fourth-order valence-electron chi connectivity index (χ4n) is 2.07. The Hall–Kier alpha value is -1.50. The molecule has 0 atom stereocenters. The van der Waals surface area contributed by atoms with Crippen LogP contribution in [0.25, 0.3) is 0 Å². The lowest BCUT2D eigenvalue weighted by Gasteiger charge is -2.26. The van der Waals surface area contributed by atoms with Crippen LogP contribution in [-0.4, -0.2) is 57.4 Å². The minimum atomic E-state index is -0.470. The van der Waals surface area contributed by atoms with E-state index in [0.717, 1.165) is 26.3 Å². The summed E-state index contributed by atoms with van der Waals surface area (Å²) < 4.78 is 15.7. The second kappa shape index (κ2) is 7.49. The normalized spacial score (nSPS) is 15.7. The second-order valence-corrected chi connectivity index (χ2v) is 5.07. The first-order valence-electron chi connectivity index (χ1n) is 6.72. The van der Waals surface area contributed by atoms with Crippen LogP contribution in [0.15, 0.2) is 12.1 Å². The van der Waals surface area contributed by atoms with E-state index in [1.165, 1.54) is 19.2 Å². The number of esters is 1. The highest BCUT2D eigenvalue weighted by atomic mass is 35.5. The molecule has 1 aromatic rings. The van der Waals surface area contributed by atoms with Gasteiger partial charge >= 0.3 is 5.97 Å². The summed E-state index contributed by atoms with van der Waals surface area (Å²) in [5.74, 6) is -0.115. The number of halogens is 1. The first-order chi connectivity index (χ1) is 10.1. The molecular formula is C14H19ClN2O4. The van der Waals surface area contributed by atoms with E-state index in [1.807, 2.05) is 0 Å². The number of nitrogens with two attached hydrogens (primary N) is 1. The summed E-state index contributed by atoms with van der Waals surface area (Å²) in [5, 5.41) is 0.302. The number of methoxy groups -OCH3 is 1. The maximum Gasteiger partial charge on any atom is 0.342 e. The van der Waals surface area contributed by atoms with Crippen LogP contribution in [0.3, 0.4) is 0 Å². The van der Waals surface area contributed by atoms with Crippen LogP contribution in [0.4, 0.5) is 5.69 Å². The van der Waals surface area contributed by atoms with Crippen LogP contribution in [0, 0.1) is 0 Å². The van der Waals surface area contributed by atoms with Crippen molar-refractivity contribution in [1.82, 2.24) is 4.90 Å². The van der Waals surface area contributed by atoms with Gasteiger partial charge in [0, 0.05) is 25.7 Å². The van der Waals surface area contributed by atoms with E-state index < -0.39 is 5.97 Å². The minimum absolute atomic E-state index is 0.277. The fourth-order valence-corrected chi connectivity index (χ4v) is 2.23. The molecule has 0 unspecified atom stereocenters. The van der Waals surface area contributed by atoms with E-state index in [4.69, 9.17) is 31.5 Å². The topological polar surface area (TPSA) is 74.0 Å². The average Bonchev–Trinajstić information content (AvgIpc) is 2.50. The van der Waals surface area contributed by atoms with Gasteiger partial charge in [0.25, 0.3) is 0 Å². The van der Waals surface area contributed by atoms with Crippen molar-refractivity contribution in [2.45, 2.75) is 0 Å². The van der Waals surface area contributed by atoms with Crippen LogP contribution in [0.5, 0.6) is 5.75 Å². The third-order valence-electron chi connectivity index (χ3n) is 3.28. The molecule has 1 saturated heterocycles. The van der Waals surface area contributed by atoms with Crippen LogP contribution in [-0.2, 0) is 9.47 Å². The molecule has 1 aromatic carbocycles. The largest absolute Gasteiger partial charge is 0.496 e. The first kappa shape index (κ1) is 15.9. The van der Waals surface area contributed by atoms with Crippen LogP contribution < -0.4 is 10.5 Å². The van der Waals surface area contributed by atoms with Gasteiger partial charge in [-0.05, 0) is 6.07 Å². The average molecular weight is 315 g/mol. The highest BCUT2D eigenvalue weighted by molar-refractivity contribution is 6.33. The van der Waals surface area contributed by atoms with Gasteiger partial charge in [0.1, 0.15) is 17.9 Å². The minimum Gasteiger partial charge on any atom is -0.496 e. The summed E-state index contributed by atoms with van der Waals surface area (Å²) in [5.41, 5.74) is 6.32. The van der Waals surface area contributed by atoms with Crippen molar-refractivity contribution in [3.63, 3.8) is 0 Å². The fraction of sp³-hybridized carbons (Fsp3) is 0.500. The Morgan fingerprint density at radius 2 is 2.14 bits per heavy atom. The lowest BCUT2D eigenvalue weighted by molar-refractivity contribution is 0.0194. The van der Waals surface area contributed by atoms with Crippen LogP contribution >= 0.6 is 11.6 Å². The number of carbonyl (C=O) groups is 1. The Bertz CT molecular complexity index is 504. The molecule has 2 N–H and O–H groups in total. The molecule has 0 spiro atoms. The van der Waals surface area contributed by atoms with Crippen LogP contribution in [0.1, 0.15) is 10.4 Å². The molecule has 0 saturated carbocycles. The van der Waals surface area contributed by atoms with Gasteiger partial charge in [-0.3, -0.25) is 4.90 Å². The summed E-state index contributed by atoms with van der Waals surface area (Å²) in [7, 11) is 1.47. The van der Waals surface area contributed by atoms with Gasteiger partial charge in [0.05, 0.1) is 31.0 Å². The molecule has 0 bridgehead atoms. The molecule has 0 amide bonds. The van der Waals surface area contributed by atoms with Crippen molar-refractivity contribution >= 4 is 23.3 Å². The standard InChI is InChI=1S/C14H19ClN2O4/c1-19-13-9-12(16)11(15)8-10(13)14(18)21-7-4-17-2-5-20-6-3-17/h8-9H,2-7,16H2,1H3. The van der Waals surface area contributed by atoms with E-state index in [9.17, 15) is 4.79 Å². The molecule has 1 heterocycles. The van der Waals surface area contributed by atoms with E-state index in [0.29, 0.717) is 29.6 Å². The molecule has 6 nitrogen and oxygen atoms in total. The van der Waals surface area contributed by atoms with Gasteiger partial charge in [-0.1, -0.05) is 11.6 Å². The number of benzene rings is 1. The van der Waals surface area contributed by atoms with Crippen LogP contribution in [0.2, 0.25) is 5.02 Å². The maximum atomic E-state index is 12.1. The number of nitrogen functional groups attached to an aromatic ring is 1. The highest BCUT2D eigenvalue weighted by Crippen LogP contribution is 2.29. The Morgan fingerprint density at radius 1 is 1.43 bits per heavy atom. The molecule has 0 aliphatic carbocycles. The number of hydrogen-bond acceptors (Lipinski definition) is 6. The van der Waals surface area contributed by atoms with Gasteiger partial charge < -0.3 is 19.9 Å². The SMILES string of the molecule is COc1cc(N)c(Cl)cc1C(=O)OCCN1CCOCC1. The number of nitrogens with zero attached hydrogens (tertiary/aromatic N) is 1. The predicted octanol–water partition coefficient (Wildman–Crippen LogP) is 1.42. The molecule has 0 aromatic heterocycles. The van der Waals surface area contributed by atoms with Crippen molar-refractivity contribution < 1.29 is 19.0 Å². The van der Waals surface area contributed by atoms with Crippen molar-refractivity contribution in [3.8, 4) is 5.75 Å². The van der Waals surface area contributed by atoms with E-state index >= 15 is 0 Å². The quantitative estimate of drug-likeness (QED) is 0.654. The Morgan fingerprint density at radius 3 is 2.81 bits per heavy atom. The third kappa shape index (κ3) is 4.23. The second-order valence-electron chi connectivity index (χ2n) is 4.66. The van der Waals surface area contributed by atoms with E-state index in [2.05, 4.69) is 4.90 Å². The lowest BCUT2D eigenvalue weighted by Crippen LogP contribution is -2.38. The van der Waals surface area contributed by atoms with Gasteiger partial charge in [0.15, 0.2) is 0 Å². The third-order valence-corrected chi connectivity index (χ3v) is 3.61. The summed E-state index contributed by atoms with van der Waals surface area (Å²) in [4.78, 5) is 14.3.